The average molecular weight is 242 g/mol. The molecule has 2 atom stereocenters. The summed E-state index contributed by atoms with van der Waals surface area (Å²) < 4.78 is 10.8. The van der Waals surface area contributed by atoms with Gasteiger partial charge in [-0.15, -0.1) is 11.8 Å². The summed E-state index contributed by atoms with van der Waals surface area (Å²) in [6.45, 7) is 6.87. The van der Waals surface area contributed by atoms with Gasteiger partial charge in [-0.2, -0.15) is 0 Å². The third-order valence-electron chi connectivity index (χ3n) is 1.58. The highest BCUT2D eigenvalue weighted by Gasteiger charge is 2.10. The van der Waals surface area contributed by atoms with E-state index in [1.165, 1.54) is 0 Å². The normalized spacial score (nSPS) is 18.2. The van der Waals surface area contributed by atoms with Crippen molar-refractivity contribution >= 4 is 30.1 Å². The Labute approximate surface area is 90.9 Å². The van der Waals surface area contributed by atoms with Crippen LogP contribution in [0.25, 0.3) is 0 Å². The Kier molecular flexibility index (Phi) is 7.76. The Morgan fingerprint density at radius 3 is 2.46 bits per heavy atom. The molecule has 0 aromatic rings. The van der Waals surface area contributed by atoms with E-state index in [2.05, 4.69) is 13.8 Å². The molecule has 0 spiro atoms. The second kappa shape index (κ2) is 7.24. The van der Waals surface area contributed by atoms with E-state index in [-0.39, 0.29) is 0 Å². The molecule has 0 N–H and O–H groups in total. The lowest BCUT2D eigenvalue weighted by Gasteiger charge is -2.17. The third-order valence-corrected chi connectivity index (χ3v) is 4.87. The third kappa shape index (κ3) is 7.95. The minimum Gasteiger partial charge on any atom is -0.330 e. The van der Waals surface area contributed by atoms with Crippen molar-refractivity contribution in [3.05, 3.63) is 0 Å². The maximum Gasteiger partial charge on any atom is 0.186 e. The SMILES string of the molecule is CCOP(C)(=S)OCS[C@@H](C)CC. The molecule has 0 aliphatic rings. The van der Waals surface area contributed by atoms with E-state index in [9.17, 15) is 0 Å². The van der Waals surface area contributed by atoms with Crippen LogP contribution in [0.4, 0.5) is 0 Å². The predicted octanol–water partition coefficient (Wildman–Crippen LogP) is 3.47. The van der Waals surface area contributed by atoms with Gasteiger partial charge in [0.2, 0.25) is 0 Å². The van der Waals surface area contributed by atoms with E-state index < -0.39 is 6.49 Å². The summed E-state index contributed by atoms with van der Waals surface area (Å²) in [5.74, 6) is 0.656. The van der Waals surface area contributed by atoms with Crippen LogP contribution in [0.15, 0.2) is 0 Å². The molecule has 0 bridgehead atoms. The zero-order valence-electron chi connectivity index (χ0n) is 8.78. The van der Waals surface area contributed by atoms with E-state index in [1.54, 1.807) is 11.8 Å². The van der Waals surface area contributed by atoms with Crippen molar-refractivity contribution < 1.29 is 9.05 Å². The van der Waals surface area contributed by atoms with Crippen molar-refractivity contribution in [2.75, 3.05) is 19.2 Å². The molecule has 0 aliphatic heterocycles. The van der Waals surface area contributed by atoms with Crippen LogP contribution < -0.4 is 0 Å². The Bertz CT molecular complexity index is 176. The summed E-state index contributed by atoms with van der Waals surface area (Å²) in [7, 11) is 0. The maximum absolute atomic E-state index is 5.51. The standard InChI is InChI=1S/C8H19O2PS2/c1-5-8(3)13-7-10-11(4,12)9-6-2/h8H,5-7H2,1-4H3/t8-,11?/m0/s1. The van der Waals surface area contributed by atoms with Gasteiger partial charge in [-0.1, -0.05) is 13.8 Å². The monoisotopic (exact) mass is 242 g/mol. The number of hydrogen-bond acceptors (Lipinski definition) is 4. The van der Waals surface area contributed by atoms with Gasteiger partial charge in [-0.3, -0.25) is 0 Å². The molecule has 0 fully saturated rings. The van der Waals surface area contributed by atoms with Crippen molar-refractivity contribution in [3.63, 3.8) is 0 Å². The number of thioether (sulfide) groups is 1. The average Bonchev–Trinajstić information content (AvgIpc) is 2.03. The Balaban J connectivity index is 3.57. The summed E-state index contributed by atoms with van der Waals surface area (Å²) in [5, 5.41) is 0.636. The second-order valence-electron chi connectivity index (χ2n) is 2.82. The smallest absolute Gasteiger partial charge is 0.186 e. The molecule has 80 valence electrons. The molecule has 0 saturated carbocycles. The minimum atomic E-state index is -1.95. The summed E-state index contributed by atoms with van der Waals surface area (Å²) in [6.07, 6.45) is 1.16. The Morgan fingerprint density at radius 1 is 1.38 bits per heavy atom. The first-order valence-electron chi connectivity index (χ1n) is 4.50. The zero-order chi connectivity index (χ0) is 10.3. The maximum atomic E-state index is 5.51. The van der Waals surface area contributed by atoms with Crippen molar-refractivity contribution in [1.29, 1.82) is 0 Å². The molecular formula is C8H19O2PS2. The highest BCUT2D eigenvalue weighted by atomic mass is 32.5. The van der Waals surface area contributed by atoms with Crippen LogP contribution >= 0.6 is 18.3 Å². The fourth-order valence-corrected chi connectivity index (χ4v) is 3.36. The number of hydrogen-bond donors (Lipinski definition) is 0. The molecular weight excluding hydrogens is 223 g/mol. The first-order valence-corrected chi connectivity index (χ1v) is 8.63. The first kappa shape index (κ1) is 13.9. The molecule has 0 aliphatic carbocycles. The lowest BCUT2D eigenvalue weighted by atomic mass is 10.4. The van der Waals surface area contributed by atoms with Gasteiger partial charge in [-0.25, -0.2) is 0 Å². The first-order chi connectivity index (χ1) is 6.02. The molecule has 0 radical (unpaired) electrons. The highest BCUT2D eigenvalue weighted by molar-refractivity contribution is 8.10. The van der Waals surface area contributed by atoms with Crippen LogP contribution in [0.2, 0.25) is 0 Å². The lowest BCUT2D eigenvalue weighted by Crippen LogP contribution is -1.98. The Morgan fingerprint density at radius 2 is 2.00 bits per heavy atom. The van der Waals surface area contributed by atoms with Crippen LogP contribution in [0, 0.1) is 0 Å². The summed E-state index contributed by atoms with van der Waals surface area (Å²) in [4.78, 5) is 0. The molecule has 0 heterocycles. The fraction of sp³-hybridized carbons (Fsp3) is 1.00. The van der Waals surface area contributed by atoms with E-state index in [1.807, 2.05) is 13.6 Å². The van der Waals surface area contributed by atoms with Crippen LogP contribution in [0.1, 0.15) is 27.2 Å². The van der Waals surface area contributed by atoms with Gasteiger partial charge in [-0.05, 0) is 25.2 Å². The van der Waals surface area contributed by atoms with Crippen LogP contribution in [-0.2, 0) is 20.9 Å². The molecule has 2 nitrogen and oxygen atoms in total. The van der Waals surface area contributed by atoms with E-state index in [0.717, 1.165) is 6.42 Å². The largest absolute Gasteiger partial charge is 0.330 e. The molecule has 0 amide bonds. The number of rotatable bonds is 7. The Hall–Kier alpha value is 0.920. The fourth-order valence-electron chi connectivity index (χ4n) is 0.632. The van der Waals surface area contributed by atoms with Crippen molar-refractivity contribution in [3.8, 4) is 0 Å². The van der Waals surface area contributed by atoms with Crippen molar-refractivity contribution in [2.24, 2.45) is 0 Å². The molecule has 0 aromatic heterocycles. The molecule has 13 heavy (non-hydrogen) atoms. The highest BCUT2D eigenvalue weighted by Crippen LogP contribution is 2.45. The van der Waals surface area contributed by atoms with Crippen LogP contribution in [-0.4, -0.2) is 24.5 Å². The predicted molar refractivity (Wildman–Crippen MR) is 65.1 cm³/mol. The van der Waals surface area contributed by atoms with Gasteiger partial charge >= 0.3 is 0 Å². The molecule has 5 heteroatoms. The van der Waals surface area contributed by atoms with Gasteiger partial charge in [0.15, 0.2) is 6.49 Å². The van der Waals surface area contributed by atoms with Gasteiger partial charge in [0.05, 0.1) is 12.5 Å². The molecule has 1 unspecified atom stereocenters. The lowest BCUT2D eigenvalue weighted by molar-refractivity contribution is 0.292. The topological polar surface area (TPSA) is 18.5 Å². The molecule has 0 aromatic carbocycles. The molecule has 0 saturated heterocycles. The zero-order valence-corrected chi connectivity index (χ0v) is 11.3. The molecule has 0 rings (SSSR count). The van der Waals surface area contributed by atoms with E-state index in [0.29, 0.717) is 17.8 Å². The van der Waals surface area contributed by atoms with Gasteiger partial charge in [0.1, 0.15) is 0 Å². The van der Waals surface area contributed by atoms with E-state index in [4.69, 9.17) is 20.9 Å². The van der Waals surface area contributed by atoms with Gasteiger partial charge in [0.25, 0.3) is 0 Å². The van der Waals surface area contributed by atoms with Gasteiger partial charge in [0, 0.05) is 11.9 Å². The second-order valence-corrected chi connectivity index (χ2v) is 8.24. The summed E-state index contributed by atoms with van der Waals surface area (Å²) in [5.41, 5.74) is 0. The summed E-state index contributed by atoms with van der Waals surface area (Å²) >= 11 is 6.97. The van der Waals surface area contributed by atoms with Crippen molar-refractivity contribution in [1.82, 2.24) is 0 Å². The minimum absolute atomic E-state index is 0.636. The quantitative estimate of drug-likeness (QED) is 0.502. The van der Waals surface area contributed by atoms with Crippen LogP contribution in [0.3, 0.4) is 0 Å². The van der Waals surface area contributed by atoms with E-state index >= 15 is 0 Å². The van der Waals surface area contributed by atoms with Crippen LogP contribution in [0.5, 0.6) is 0 Å². The van der Waals surface area contributed by atoms with Gasteiger partial charge < -0.3 is 9.05 Å². The summed E-state index contributed by atoms with van der Waals surface area (Å²) in [6, 6.07) is 0. The van der Waals surface area contributed by atoms with Crippen molar-refractivity contribution in [2.45, 2.75) is 32.4 Å².